The molecule has 1 aliphatic heterocycles. The van der Waals surface area contributed by atoms with Gasteiger partial charge in [-0.15, -0.1) is 0 Å². The summed E-state index contributed by atoms with van der Waals surface area (Å²) in [6.07, 6.45) is 2.91. The monoisotopic (exact) mass is 254 g/mol. The van der Waals surface area contributed by atoms with E-state index in [0.29, 0.717) is 24.6 Å². The quantitative estimate of drug-likeness (QED) is 0.839. The van der Waals surface area contributed by atoms with Crippen molar-refractivity contribution in [3.8, 4) is 5.75 Å². The summed E-state index contributed by atoms with van der Waals surface area (Å²) in [6.45, 7) is 3.90. The van der Waals surface area contributed by atoms with E-state index in [4.69, 9.17) is 15.3 Å². The van der Waals surface area contributed by atoms with E-state index in [1.165, 1.54) is 6.07 Å². The molecule has 0 atom stereocenters. The Morgan fingerprint density at radius 2 is 2.28 bits per heavy atom. The van der Waals surface area contributed by atoms with Crippen LogP contribution in [-0.4, -0.2) is 19.8 Å². The topological polar surface area (TPSA) is 47.7 Å². The van der Waals surface area contributed by atoms with Crippen molar-refractivity contribution < 1.29 is 14.0 Å². The van der Waals surface area contributed by atoms with Crippen molar-refractivity contribution in [3.05, 3.63) is 17.9 Å². The van der Waals surface area contributed by atoms with Crippen LogP contribution in [0.1, 0.15) is 26.2 Å². The minimum atomic E-state index is -0.429. The van der Waals surface area contributed by atoms with Crippen LogP contribution in [0.5, 0.6) is 5.75 Å². The van der Waals surface area contributed by atoms with Gasteiger partial charge in [-0.3, -0.25) is 9.90 Å². The molecule has 2 rings (SSSR count). The molecule has 2 N–H and O–H groups in total. The molecule has 0 bridgehead atoms. The molecule has 0 aromatic heterocycles. The molecule has 1 aromatic carbocycles. The Bertz CT molecular complexity index is 406. The van der Waals surface area contributed by atoms with Crippen molar-refractivity contribution >= 4 is 11.4 Å². The molecule has 1 aromatic rings. The lowest BCUT2D eigenvalue weighted by Gasteiger charge is -2.29. The van der Waals surface area contributed by atoms with Gasteiger partial charge in [-0.2, -0.15) is 0 Å². The predicted molar refractivity (Wildman–Crippen MR) is 69.1 cm³/mol. The van der Waals surface area contributed by atoms with Gasteiger partial charge >= 0.3 is 0 Å². The normalized spacial score (nSPS) is 15.8. The zero-order valence-electron chi connectivity index (χ0n) is 10.6. The van der Waals surface area contributed by atoms with Crippen LogP contribution in [0.15, 0.2) is 12.1 Å². The molecule has 18 heavy (non-hydrogen) atoms. The largest absolute Gasteiger partial charge is 0.490 e. The molecular formula is C13H19FN2O2. The fraction of sp³-hybridized carbons (Fsp3) is 0.538. The van der Waals surface area contributed by atoms with E-state index < -0.39 is 5.82 Å². The van der Waals surface area contributed by atoms with Crippen LogP contribution in [-0.2, 0) is 4.84 Å². The molecule has 1 aliphatic rings. The molecule has 0 amide bonds. The van der Waals surface area contributed by atoms with E-state index in [9.17, 15) is 4.39 Å². The number of hydrogen-bond acceptors (Lipinski definition) is 4. The Morgan fingerprint density at radius 1 is 1.44 bits per heavy atom. The lowest BCUT2D eigenvalue weighted by molar-refractivity contribution is 0.0779. The zero-order chi connectivity index (χ0) is 13.0. The molecule has 0 unspecified atom stereocenters. The summed E-state index contributed by atoms with van der Waals surface area (Å²) < 4.78 is 19.0. The molecule has 0 radical (unpaired) electrons. The third-order valence-electron chi connectivity index (χ3n) is 2.81. The summed E-state index contributed by atoms with van der Waals surface area (Å²) in [6, 6.07) is 2.91. The number of nitrogens with zero attached hydrogens (tertiary/aromatic N) is 1. The maximum absolute atomic E-state index is 13.7. The van der Waals surface area contributed by atoms with Crippen LogP contribution in [0.2, 0.25) is 0 Å². The molecule has 1 saturated heterocycles. The molecule has 1 heterocycles. The fourth-order valence-electron chi connectivity index (χ4n) is 1.88. The first kappa shape index (κ1) is 13.0. The first-order valence-corrected chi connectivity index (χ1v) is 6.34. The molecule has 0 aliphatic carbocycles. The molecule has 100 valence electrons. The lowest BCUT2D eigenvalue weighted by Crippen LogP contribution is -2.30. The van der Waals surface area contributed by atoms with E-state index in [1.807, 2.05) is 6.92 Å². The number of rotatable bonds is 4. The van der Waals surface area contributed by atoms with Crippen LogP contribution < -0.4 is 15.5 Å². The zero-order valence-corrected chi connectivity index (χ0v) is 10.6. The smallest absolute Gasteiger partial charge is 0.167 e. The number of ether oxygens (including phenoxy) is 1. The first-order chi connectivity index (χ1) is 8.72. The minimum absolute atomic E-state index is 0.232. The van der Waals surface area contributed by atoms with E-state index >= 15 is 0 Å². The number of hydrogen-bond donors (Lipinski definition) is 1. The van der Waals surface area contributed by atoms with Crippen molar-refractivity contribution in [2.24, 2.45) is 0 Å². The van der Waals surface area contributed by atoms with Gasteiger partial charge in [0.1, 0.15) is 0 Å². The molecule has 5 heteroatoms. The minimum Gasteiger partial charge on any atom is -0.490 e. The Labute approximate surface area is 106 Å². The van der Waals surface area contributed by atoms with E-state index in [1.54, 1.807) is 11.1 Å². The summed E-state index contributed by atoms with van der Waals surface area (Å²) in [7, 11) is 0. The molecule has 0 spiro atoms. The maximum Gasteiger partial charge on any atom is 0.167 e. The molecule has 0 saturated carbocycles. The van der Waals surface area contributed by atoms with Gasteiger partial charge in [0.05, 0.1) is 24.6 Å². The van der Waals surface area contributed by atoms with Crippen LogP contribution in [0.25, 0.3) is 0 Å². The van der Waals surface area contributed by atoms with Crippen molar-refractivity contribution in [3.63, 3.8) is 0 Å². The van der Waals surface area contributed by atoms with Crippen LogP contribution in [0.4, 0.5) is 15.8 Å². The van der Waals surface area contributed by atoms with Crippen molar-refractivity contribution in [1.82, 2.24) is 0 Å². The average Bonchev–Trinajstić information content (AvgIpc) is 2.39. The van der Waals surface area contributed by atoms with Crippen molar-refractivity contribution in [2.45, 2.75) is 26.2 Å². The molecular weight excluding hydrogens is 235 g/mol. The Morgan fingerprint density at radius 3 is 2.94 bits per heavy atom. The average molecular weight is 254 g/mol. The highest BCUT2D eigenvalue weighted by Crippen LogP contribution is 2.32. The van der Waals surface area contributed by atoms with Crippen molar-refractivity contribution in [1.29, 1.82) is 0 Å². The van der Waals surface area contributed by atoms with Gasteiger partial charge in [-0.25, -0.2) is 4.39 Å². The fourth-order valence-corrected chi connectivity index (χ4v) is 1.88. The lowest BCUT2D eigenvalue weighted by atomic mass is 10.2. The van der Waals surface area contributed by atoms with Gasteiger partial charge in [0.15, 0.2) is 11.6 Å². The van der Waals surface area contributed by atoms with Gasteiger partial charge in [0.25, 0.3) is 0 Å². The predicted octanol–water partition coefficient (Wildman–Crippen LogP) is 2.73. The van der Waals surface area contributed by atoms with Crippen LogP contribution in [0.3, 0.4) is 0 Å². The molecule has 4 nitrogen and oxygen atoms in total. The van der Waals surface area contributed by atoms with E-state index in [2.05, 4.69) is 0 Å². The highest BCUT2D eigenvalue weighted by molar-refractivity contribution is 5.69. The summed E-state index contributed by atoms with van der Waals surface area (Å²) in [5.41, 5.74) is 6.89. The Balaban J connectivity index is 2.22. The van der Waals surface area contributed by atoms with E-state index in [0.717, 1.165) is 25.8 Å². The SMILES string of the molecule is CCCOc1cc(N2CCCCO2)c(N)cc1F. The van der Waals surface area contributed by atoms with Crippen LogP contribution in [0, 0.1) is 5.82 Å². The standard InChI is InChI=1S/C13H19FN2O2/c1-2-6-17-13-9-12(11(15)8-10(13)14)16-5-3-4-7-18-16/h8-9H,2-7,15H2,1H3. The number of halogens is 1. The Kier molecular flexibility index (Phi) is 4.25. The van der Waals surface area contributed by atoms with Crippen LogP contribution >= 0.6 is 0 Å². The maximum atomic E-state index is 13.7. The van der Waals surface area contributed by atoms with Gasteiger partial charge in [0.2, 0.25) is 0 Å². The highest BCUT2D eigenvalue weighted by Gasteiger charge is 2.17. The third-order valence-corrected chi connectivity index (χ3v) is 2.81. The number of nitrogens with two attached hydrogens (primary N) is 1. The number of hydroxylamine groups is 1. The first-order valence-electron chi connectivity index (χ1n) is 6.34. The Hall–Kier alpha value is -1.49. The van der Waals surface area contributed by atoms with Gasteiger partial charge < -0.3 is 10.5 Å². The highest BCUT2D eigenvalue weighted by atomic mass is 19.1. The summed E-state index contributed by atoms with van der Waals surface area (Å²) in [4.78, 5) is 5.52. The van der Waals surface area contributed by atoms with Gasteiger partial charge in [0, 0.05) is 18.7 Å². The van der Waals surface area contributed by atoms with Crippen molar-refractivity contribution in [2.75, 3.05) is 30.6 Å². The summed E-state index contributed by atoms with van der Waals surface area (Å²) in [5, 5.41) is 1.72. The number of nitrogen functional groups attached to an aromatic ring is 1. The second-order valence-electron chi connectivity index (χ2n) is 4.33. The molecule has 1 fully saturated rings. The number of benzene rings is 1. The van der Waals surface area contributed by atoms with Gasteiger partial charge in [-0.05, 0) is 19.3 Å². The summed E-state index contributed by atoms with van der Waals surface area (Å²) in [5.74, 6) is -0.197. The van der Waals surface area contributed by atoms with E-state index in [-0.39, 0.29) is 5.75 Å². The second-order valence-corrected chi connectivity index (χ2v) is 4.33. The van der Waals surface area contributed by atoms with Gasteiger partial charge in [-0.1, -0.05) is 6.92 Å². The third kappa shape index (κ3) is 2.85. The second kappa shape index (κ2) is 5.91. The summed E-state index contributed by atoms with van der Waals surface area (Å²) >= 11 is 0. The number of anilines is 2.